The second-order valence-electron chi connectivity index (χ2n) is 5.14. The van der Waals surface area contributed by atoms with Crippen LogP contribution in [0.4, 0.5) is 0 Å². The molecular formula is C16H32O2. The van der Waals surface area contributed by atoms with Gasteiger partial charge in [0.15, 0.2) is 0 Å². The van der Waals surface area contributed by atoms with Crippen molar-refractivity contribution in [3.63, 3.8) is 0 Å². The second-order valence-corrected chi connectivity index (χ2v) is 5.14. The average Bonchev–Trinajstić information content (AvgIpc) is 2.39. The lowest BCUT2D eigenvalue weighted by molar-refractivity contribution is 0.282. The quantitative estimate of drug-likeness (QED) is 0.334. The van der Waals surface area contributed by atoms with Crippen molar-refractivity contribution >= 4 is 0 Å². The zero-order chi connectivity index (χ0) is 13.3. The van der Waals surface area contributed by atoms with Gasteiger partial charge in [0, 0.05) is 6.61 Å². The highest BCUT2D eigenvalue weighted by atomic mass is 16.3. The molecule has 0 atom stereocenters. The van der Waals surface area contributed by atoms with Crippen LogP contribution in [0.2, 0.25) is 0 Å². The number of allylic oxidation sites excluding steroid dienone is 1. The molecule has 0 saturated heterocycles. The highest BCUT2D eigenvalue weighted by Crippen LogP contribution is 2.12. The molecule has 2 nitrogen and oxygen atoms in total. The van der Waals surface area contributed by atoms with E-state index < -0.39 is 0 Å². The summed E-state index contributed by atoms with van der Waals surface area (Å²) in [7, 11) is 0. The molecule has 0 rings (SSSR count). The minimum Gasteiger partial charge on any atom is -0.516 e. The van der Waals surface area contributed by atoms with Gasteiger partial charge in [0.1, 0.15) is 0 Å². The highest BCUT2D eigenvalue weighted by Gasteiger charge is 1.93. The molecular weight excluding hydrogens is 224 g/mol. The molecule has 0 bridgehead atoms. The van der Waals surface area contributed by atoms with Crippen LogP contribution in [0.1, 0.15) is 83.5 Å². The van der Waals surface area contributed by atoms with E-state index in [0.717, 1.165) is 19.1 Å². The van der Waals surface area contributed by atoms with E-state index >= 15 is 0 Å². The number of aliphatic hydroxyl groups is 2. The third-order valence-corrected chi connectivity index (χ3v) is 3.38. The van der Waals surface area contributed by atoms with Crippen molar-refractivity contribution < 1.29 is 10.2 Å². The fraction of sp³-hybridized carbons (Fsp3) is 0.875. The maximum absolute atomic E-state index is 8.64. The van der Waals surface area contributed by atoms with Crippen LogP contribution in [0.15, 0.2) is 12.3 Å². The number of aliphatic hydroxyl groups excluding tert-OH is 2. The maximum atomic E-state index is 8.64. The Hall–Kier alpha value is -0.500. The predicted molar refractivity (Wildman–Crippen MR) is 78.9 cm³/mol. The summed E-state index contributed by atoms with van der Waals surface area (Å²) in [5, 5.41) is 17.1. The Balaban J connectivity index is 2.90. The molecule has 0 aliphatic heterocycles. The van der Waals surface area contributed by atoms with Crippen molar-refractivity contribution in [2.75, 3.05) is 6.61 Å². The Morgan fingerprint density at radius 1 is 0.556 bits per heavy atom. The second kappa shape index (κ2) is 16.5. The molecule has 2 N–H and O–H groups in total. The Morgan fingerprint density at radius 2 is 0.944 bits per heavy atom. The summed E-state index contributed by atoms with van der Waals surface area (Å²) in [6.07, 6.45) is 19.5. The fourth-order valence-corrected chi connectivity index (χ4v) is 2.22. The lowest BCUT2D eigenvalue weighted by atomic mass is 10.0. The third kappa shape index (κ3) is 15.5. The standard InChI is InChI=1S/C16H32O2/c17-15-13-11-9-7-5-3-1-2-4-6-8-10-12-14-16-18/h13,15,17-18H,1-12,14,16H2/b15-13+. The molecule has 0 aromatic rings. The van der Waals surface area contributed by atoms with Gasteiger partial charge in [0.2, 0.25) is 0 Å². The smallest absolute Gasteiger partial charge is 0.0751 e. The van der Waals surface area contributed by atoms with E-state index in [1.807, 2.05) is 6.08 Å². The van der Waals surface area contributed by atoms with Gasteiger partial charge in [-0.3, -0.25) is 0 Å². The first kappa shape index (κ1) is 17.5. The fourth-order valence-electron chi connectivity index (χ4n) is 2.22. The predicted octanol–water partition coefficient (Wildman–Crippen LogP) is 5.12. The van der Waals surface area contributed by atoms with E-state index in [-0.39, 0.29) is 0 Å². The van der Waals surface area contributed by atoms with Crippen molar-refractivity contribution in [3.8, 4) is 0 Å². The van der Waals surface area contributed by atoms with Gasteiger partial charge < -0.3 is 10.2 Å². The Labute approximate surface area is 113 Å². The van der Waals surface area contributed by atoms with Crippen LogP contribution in [0.3, 0.4) is 0 Å². The minimum atomic E-state index is 0.355. The van der Waals surface area contributed by atoms with Crippen LogP contribution in [-0.4, -0.2) is 16.8 Å². The molecule has 0 fully saturated rings. The van der Waals surface area contributed by atoms with Gasteiger partial charge in [-0.05, 0) is 19.3 Å². The molecule has 0 aromatic heterocycles. The summed E-state index contributed by atoms with van der Waals surface area (Å²) in [5.74, 6) is 0. The molecule has 0 aliphatic carbocycles. The molecule has 0 amide bonds. The van der Waals surface area contributed by atoms with Crippen molar-refractivity contribution in [2.45, 2.75) is 83.5 Å². The van der Waals surface area contributed by atoms with Gasteiger partial charge in [-0.2, -0.15) is 0 Å². The molecule has 0 saturated carbocycles. The summed E-state index contributed by atoms with van der Waals surface area (Å²) in [6.45, 7) is 0.355. The van der Waals surface area contributed by atoms with Crippen LogP contribution in [0.5, 0.6) is 0 Å². The molecule has 0 aromatic carbocycles. The van der Waals surface area contributed by atoms with Crippen LogP contribution < -0.4 is 0 Å². The summed E-state index contributed by atoms with van der Waals surface area (Å²) < 4.78 is 0. The van der Waals surface area contributed by atoms with E-state index in [9.17, 15) is 0 Å². The number of rotatable bonds is 14. The lowest BCUT2D eigenvalue weighted by Crippen LogP contribution is -1.84. The molecule has 108 valence electrons. The Bertz CT molecular complexity index is 166. The molecule has 0 heterocycles. The number of hydrogen-bond donors (Lipinski definition) is 2. The normalized spacial score (nSPS) is 11.4. The third-order valence-electron chi connectivity index (χ3n) is 3.38. The lowest BCUT2D eigenvalue weighted by Gasteiger charge is -2.02. The van der Waals surface area contributed by atoms with Gasteiger partial charge in [-0.15, -0.1) is 0 Å². The van der Waals surface area contributed by atoms with Crippen molar-refractivity contribution in [1.82, 2.24) is 0 Å². The summed E-state index contributed by atoms with van der Waals surface area (Å²) >= 11 is 0. The molecule has 2 heteroatoms. The van der Waals surface area contributed by atoms with E-state index in [1.54, 1.807) is 0 Å². The molecule has 0 aliphatic rings. The van der Waals surface area contributed by atoms with Crippen LogP contribution in [0, 0.1) is 0 Å². The molecule has 0 radical (unpaired) electrons. The highest BCUT2D eigenvalue weighted by molar-refractivity contribution is 4.70. The first-order valence-electron chi connectivity index (χ1n) is 7.82. The van der Waals surface area contributed by atoms with Crippen molar-refractivity contribution in [3.05, 3.63) is 12.3 Å². The first-order chi connectivity index (χ1) is 8.91. The van der Waals surface area contributed by atoms with Crippen LogP contribution >= 0.6 is 0 Å². The first-order valence-corrected chi connectivity index (χ1v) is 7.82. The zero-order valence-corrected chi connectivity index (χ0v) is 11.9. The summed E-state index contributed by atoms with van der Waals surface area (Å²) in [4.78, 5) is 0. The van der Waals surface area contributed by atoms with Crippen molar-refractivity contribution in [2.24, 2.45) is 0 Å². The zero-order valence-electron chi connectivity index (χ0n) is 11.9. The SMILES string of the molecule is O/C=C/CCCCCCCCCCCCCCO. The van der Waals surface area contributed by atoms with Crippen molar-refractivity contribution in [1.29, 1.82) is 0 Å². The number of unbranched alkanes of at least 4 members (excludes halogenated alkanes) is 12. The Kier molecular flexibility index (Phi) is 16.0. The maximum Gasteiger partial charge on any atom is 0.0751 e. The minimum absolute atomic E-state index is 0.355. The number of hydrogen-bond acceptors (Lipinski definition) is 2. The van der Waals surface area contributed by atoms with Crippen LogP contribution in [-0.2, 0) is 0 Å². The van der Waals surface area contributed by atoms with Gasteiger partial charge in [-0.1, -0.05) is 70.3 Å². The average molecular weight is 256 g/mol. The van der Waals surface area contributed by atoms with E-state index in [2.05, 4.69) is 0 Å². The summed E-state index contributed by atoms with van der Waals surface area (Å²) in [5.41, 5.74) is 0. The monoisotopic (exact) mass is 256 g/mol. The van der Waals surface area contributed by atoms with Gasteiger partial charge in [0.25, 0.3) is 0 Å². The topological polar surface area (TPSA) is 40.5 Å². The molecule has 18 heavy (non-hydrogen) atoms. The summed E-state index contributed by atoms with van der Waals surface area (Å²) in [6, 6.07) is 0. The van der Waals surface area contributed by atoms with Crippen LogP contribution in [0.25, 0.3) is 0 Å². The van der Waals surface area contributed by atoms with E-state index in [1.165, 1.54) is 70.6 Å². The molecule has 0 unspecified atom stereocenters. The van der Waals surface area contributed by atoms with Gasteiger partial charge >= 0.3 is 0 Å². The van der Waals surface area contributed by atoms with E-state index in [4.69, 9.17) is 10.2 Å². The van der Waals surface area contributed by atoms with Gasteiger partial charge in [0.05, 0.1) is 6.26 Å². The molecule has 0 spiro atoms. The largest absolute Gasteiger partial charge is 0.516 e. The van der Waals surface area contributed by atoms with E-state index in [0.29, 0.717) is 6.61 Å². The van der Waals surface area contributed by atoms with Gasteiger partial charge in [-0.25, -0.2) is 0 Å². The Morgan fingerprint density at radius 3 is 1.33 bits per heavy atom.